The Balaban J connectivity index is 1.27. The van der Waals surface area contributed by atoms with Crippen LogP contribution in [0.25, 0.3) is 0 Å². The smallest absolute Gasteiger partial charge is 0.310 e. The second kappa shape index (κ2) is 5.44. The Morgan fingerprint density at radius 1 is 1.26 bits per heavy atom. The van der Waals surface area contributed by atoms with Crippen LogP contribution >= 0.6 is 0 Å². The van der Waals surface area contributed by atoms with Crippen molar-refractivity contribution in [2.45, 2.75) is 18.9 Å². The second-order valence-electron chi connectivity index (χ2n) is 7.08. The van der Waals surface area contributed by atoms with E-state index in [2.05, 4.69) is 0 Å². The summed E-state index contributed by atoms with van der Waals surface area (Å²) in [7, 11) is -2.89. The fraction of sp³-hybridized carbons (Fsp3) is 0.867. The van der Waals surface area contributed by atoms with Crippen molar-refractivity contribution in [2.24, 2.45) is 23.7 Å². The summed E-state index contributed by atoms with van der Waals surface area (Å²) in [6.45, 7) is 1.77. The van der Waals surface area contributed by atoms with Gasteiger partial charge in [-0.2, -0.15) is 0 Å². The summed E-state index contributed by atoms with van der Waals surface area (Å²) < 4.78 is 33.5. The van der Waals surface area contributed by atoms with E-state index in [-0.39, 0.29) is 59.8 Å². The molecule has 8 heteroatoms. The van der Waals surface area contributed by atoms with Gasteiger partial charge >= 0.3 is 11.9 Å². The summed E-state index contributed by atoms with van der Waals surface area (Å²) in [6.07, 6.45) is 1.71. The predicted molar refractivity (Wildman–Crippen MR) is 79.1 cm³/mol. The number of hydrogen-bond acceptors (Lipinski definition) is 7. The van der Waals surface area contributed by atoms with Crippen LogP contribution in [0.5, 0.6) is 0 Å². The van der Waals surface area contributed by atoms with Gasteiger partial charge in [0.15, 0.2) is 9.84 Å². The Kier molecular flexibility index (Phi) is 3.64. The minimum Gasteiger partial charge on any atom is -0.464 e. The highest BCUT2D eigenvalue weighted by Gasteiger charge is 2.64. The van der Waals surface area contributed by atoms with Crippen LogP contribution in [0.1, 0.15) is 12.8 Å². The fourth-order valence-corrected chi connectivity index (χ4v) is 5.95. The number of esters is 2. The van der Waals surface area contributed by atoms with Gasteiger partial charge in [0, 0.05) is 25.6 Å². The first kappa shape index (κ1) is 15.4. The largest absolute Gasteiger partial charge is 0.464 e. The molecule has 5 unspecified atom stereocenters. The van der Waals surface area contributed by atoms with Crippen molar-refractivity contribution in [3.8, 4) is 0 Å². The molecule has 2 heterocycles. The van der Waals surface area contributed by atoms with E-state index < -0.39 is 9.84 Å². The van der Waals surface area contributed by atoms with Crippen LogP contribution in [0.15, 0.2) is 0 Å². The van der Waals surface area contributed by atoms with Crippen molar-refractivity contribution in [2.75, 3.05) is 37.7 Å². The molecule has 0 radical (unpaired) electrons. The van der Waals surface area contributed by atoms with E-state index in [4.69, 9.17) is 9.47 Å². The Labute approximate surface area is 135 Å². The van der Waals surface area contributed by atoms with Crippen molar-refractivity contribution in [1.29, 1.82) is 0 Å². The summed E-state index contributed by atoms with van der Waals surface area (Å²) in [6, 6.07) is 0. The molecule has 2 saturated carbocycles. The number of hydrogen-bond donors (Lipinski definition) is 0. The van der Waals surface area contributed by atoms with Crippen LogP contribution in [0.2, 0.25) is 0 Å². The van der Waals surface area contributed by atoms with Crippen LogP contribution in [-0.4, -0.2) is 69.1 Å². The zero-order valence-corrected chi connectivity index (χ0v) is 13.7. The van der Waals surface area contributed by atoms with Crippen molar-refractivity contribution in [1.82, 2.24) is 4.90 Å². The number of rotatable bonds is 4. The highest BCUT2D eigenvalue weighted by molar-refractivity contribution is 7.91. The van der Waals surface area contributed by atoms with Gasteiger partial charge in [0.25, 0.3) is 0 Å². The first-order chi connectivity index (χ1) is 10.9. The summed E-state index contributed by atoms with van der Waals surface area (Å²) in [5.74, 6) is -0.399. The number of carbonyl (C=O) groups excluding carboxylic acids is 2. The van der Waals surface area contributed by atoms with Gasteiger partial charge in [-0.3, -0.25) is 14.5 Å². The molecule has 4 aliphatic rings. The van der Waals surface area contributed by atoms with Gasteiger partial charge in [0.1, 0.15) is 12.7 Å². The number of carbonyl (C=O) groups is 2. The number of fused-ring (bicyclic) bond motifs is 1. The maximum Gasteiger partial charge on any atom is 0.310 e. The molecule has 2 saturated heterocycles. The molecule has 5 atom stereocenters. The van der Waals surface area contributed by atoms with Crippen molar-refractivity contribution >= 4 is 21.8 Å². The summed E-state index contributed by atoms with van der Waals surface area (Å²) in [5, 5.41) is 0. The Morgan fingerprint density at radius 2 is 2.00 bits per heavy atom. The highest BCUT2D eigenvalue weighted by atomic mass is 32.2. The molecule has 23 heavy (non-hydrogen) atoms. The maximum absolute atomic E-state index is 12.4. The average molecular weight is 343 g/mol. The molecule has 4 rings (SSSR count). The highest BCUT2D eigenvalue weighted by Crippen LogP contribution is 2.57. The first-order valence-corrected chi connectivity index (χ1v) is 10.1. The molecule has 0 aromatic carbocycles. The molecular weight excluding hydrogens is 322 g/mol. The van der Waals surface area contributed by atoms with E-state index in [9.17, 15) is 18.0 Å². The normalized spacial score (nSPS) is 41.0. The third-order valence-electron chi connectivity index (χ3n) is 5.84. The average Bonchev–Trinajstić information content (AvgIpc) is 3.10. The maximum atomic E-state index is 12.4. The predicted octanol–water partition coefficient (Wildman–Crippen LogP) is -0.542. The van der Waals surface area contributed by atoms with E-state index in [1.165, 1.54) is 0 Å². The minimum atomic E-state index is -2.89. The fourth-order valence-electron chi connectivity index (χ4n) is 4.67. The van der Waals surface area contributed by atoms with E-state index in [0.717, 1.165) is 12.8 Å². The van der Waals surface area contributed by atoms with Gasteiger partial charge in [-0.25, -0.2) is 8.42 Å². The molecular formula is C15H21NO6S. The zero-order chi connectivity index (χ0) is 16.2. The Hall–Kier alpha value is -1.15. The second-order valence-corrected chi connectivity index (χ2v) is 9.39. The Morgan fingerprint density at radius 3 is 2.74 bits per heavy atom. The van der Waals surface area contributed by atoms with Crippen LogP contribution < -0.4 is 0 Å². The first-order valence-electron chi connectivity index (χ1n) is 8.24. The number of sulfone groups is 1. The topological polar surface area (TPSA) is 90.0 Å². The molecule has 2 aliphatic carbocycles. The minimum absolute atomic E-state index is 0.0249. The van der Waals surface area contributed by atoms with E-state index in [1.807, 2.05) is 4.90 Å². The lowest BCUT2D eigenvalue weighted by Crippen LogP contribution is -2.42. The molecule has 0 aromatic rings. The lowest BCUT2D eigenvalue weighted by Gasteiger charge is -2.27. The number of ether oxygens (including phenoxy) is 2. The molecule has 2 aliphatic heterocycles. The van der Waals surface area contributed by atoms with Gasteiger partial charge in [0.05, 0.1) is 23.3 Å². The summed E-state index contributed by atoms with van der Waals surface area (Å²) >= 11 is 0. The molecule has 7 nitrogen and oxygen atoms in total. The van der Waals surface area contributed by atoms with E-state index in [1.54, 1.807) is 0 Å². The van der Waals surface area contributed by atoms with Crippen LogP contribution in [0.3, 0.4) is 0 Å². The summed E-state index contributed by atoms with van der Waals surface area (Å²) in [4.78, 5) is 26.3. The van der Waals surface area contributed by atoms with Crippen LogP contribution in [0, 0.1) is 23.7 Å². The SMILES string of the molecule is O=C(OCCN1CCS(=O)(=O)CC1)C1C2CC3OC(=O)C1C3C2. The number of nitrogens with zero attached hydrogens (tertiary/aromatic N) is 1. The van der Waals surface area contributed by atoms with Crippen LogP contribution in [-0.2, 0) is 28.9 Å². The molecule has 0 aromatic heterocycles. The van der Waals surface area contributed by atoms with Gasteiger partial charge in [-0.05, 0) is 18.8 Å². The van der Waals surface area contributed by atoms with E-state index >= 15 is 0 Å². The van der Waals surface area contributed by atoms with Gasteiger partial charge in [0.2, 0.25) is 0 Å². The van der Waals surface area contributed by atoms with Gasteiger partial charge in [-0.1, -0.05) is 0 Å². The molecule has 0 amide bonds. The van der Waals surface area contributed by atoms with Crippen molar-refractivity contribution in [3.63, 3.8) is 0 Å². The van der Waals surface area contributed by atoms with Gasteiger partial charge < -0.3 is 9.47 Å². The lowest BCUT2D eigenvalue weighted by atomic mass is 9.80. The lowest BCUT2D eigenvalue weighted by molar-refractivity contribution is -0.156. The van der Waals surface area contributed by atoms with E-state index in [0.29, 0.717) is 19.6 Å². The third-order valence-corrected chi connectivity index (χ3v) is 7.45. The van der Waals surface area contributed by atoms with Crippen molar-refractivity contribution < 1.29 is 27.5 Å². The molecule has 128 valence electrons. The summed E-state index contributed by atoms with van der Waals surface area (Å²) in [5.41, 5.74) is 0. The standard InChI is InChI=1S/C15H21NO6S/c17-14(21-4-1-16-2-5-23(19,20)6-3-16)12-9-7-10-11(8-9)22-15(18)13(10)12/h9-13H,1-8H2. The Bertz CT molecular complexity index is 616. The monoisotopic (exact) mass is 343 g/mol. The molecule has 2 bridgehead atoms. The molecule has 0 spiro atoms. The third kappa shape index (κ3) is 2.65. The van der Waals surface area contributed by atoms with Crippen molar-refractivity contribution in [3.05, 3.63) is 0 Å². The van der Waals surface area contributed by atoms with Gasteiger partial charge in [-0.15, -0.1) is 0 Å². The molecule has 0 N–H and O–H groups in total. The van der Waals surface area contributed by atoms with Crippen LogP contribution in [0.4, 0.5) is 0 Å². The quantitative estimate of drug-likeness (QED) is 0.633. The zero-order valence-electron chi connectivity index (χ0n) is 12.8. The molecule has 4 fully saturated rings.